The van der Waals surface area contributed by atoms with Gasteiger partial charge in [-0.15, -0.1) is 12.4 Å². The Morgan fingerprint density at radius 3 is 2.50 bits per heavy atom. The van der Waals surface area contributed by atoms with E-state index in [1.165, 1.54) is 4.90 Å². The molecule has 2 N–H and O–H groups in total. The first-order valence-corrected chi connectivity index (χ1v) is 9.51. The highest BCUT2D eigenvalue weighted by Crippen LogP contribution is 2.40. The molecule has 1 aromatic carbocycles. The lowest BCUT2D eigenvalue weighted by Crippen LogP contribution is -2.53. The number of pyridine rings is 1. The molecule has 3 heterocycles. The van der Waals surface area contributed by atoms with Crippen molar-refractivity contribution in [3.05, 3.63) is 66.0 Å². The fraction of sp³-hybridized carbons (Fsp3) is 0.381. The van der Waals surface area contributed by atoms with Gasteiger partial charge in [0.15, 0.2) is 5.54 Å². The Labute approximate surface area is 171 Å². The molecule has 0 aliphatic carbocycles. The lowest BCUT2D eigenvalue weighted by atomic mass is 9.74. The third-order valence-electron chi connectivity index (χ3n) is 5.67. The number of piperidine rings is 1. The number of carbonyl (C=O) groups is 2. The third kappa shape index (κ3) is 3.62. The molecule has 0 bridgehead atoms. The van der Waals surface area contributed by atoms with Crippen LogP contribution in [0.1, 0.15) is 24.0 Å². The topological polar surface area (TPSA) is 74.3 Å². The molecule has 1 unspecified atom stereocenters. The van der Waals surface area contributed by atoms with Crippen molar-refractivity contribution in [2.45, 2.75) is 24.8 Å². The van der Waals surface area contributed by atoms with Crippen LogP contribution in [-0.2, 0) is 16.8 Å². The van der Waals surface area contributed by atoms with Gasteiger partial charge in [-0.2, -0.15) is 0 Å². The van der Waals surface area contributed by atoms with Gasteiger partial charge in [0.1, 0.15) is 0 Å². The highest BCUT2D eigenvalue weighted by Gasteiger charge is 2.56. The normalized spacial score (nSPS) is 22.6. The van der Waals surface area contributed by atoms with Crippen LogP contribution < -0.4 is 10.6 Å². The monoisotopic (exact) mass is 400 g/mol. The SMILES string of the molecule is Cl.O=C1NC(c2cccnc2)(C2CCNCC2)C(=O)N1CCc1ccccc1. The molecule has 2 aliphatic rings. The van der Waals surface area contributed by atoms with Gasteiger partial charge in [-0.1, -0.05) is 36.4 Å². The molecule has 0 saturated carbocycles. The quantitative estimate of drug-likeness (QED) is 0.756. The van der Waals surface area contributed by atoms with Gasteiger partial charge in [-0.3, -0.25) is 14.7 Å². The van der Waals surface area contributed by atoms with Crippen molar-refractivity contribution < 1.29 is 9.59 Å². The lowest BCUT2D eigenvalue weighted by molar-refractivity contribution is -0.134. The van der Waals surface area contributed by atoms with E-state index in [1.54, 1.807) is 12.4 Å². The first-order valence-electron chi connectivity index (χ1n) is 9.51. The largest absolute Gasteiger partial charge is 0.325 e. The van der Waals surface area contributed by atoms with E-state index in [4.69, 9.17) is 0 Å². The van der Waals surface area contributed by atoms with Crippen LogP contribution in [0.5, 0.6) is 0 Å². The summed E-state index contributed by atoms with van der Waals surface area (Å²) >= 11 is 0. The summed E-state index contributed by atoms with van der Waals surface area (Å²) in [6.07, 6.45) is 5.73. The van der Waals surface area contributed by atoms with Gasteiger partial charge < -0.3 is 10.6 Å². The second-order valence-electron chi connectivity index (χ2n) is 7.20. The molecule has 3 amide bonds. The summed E-state index contributed by atoms with van der Waals surface area (Å²) in [5, 5.41) is 6.40. The van der Waals surface area contributed by atoms with Gasteiger partial charge in [0.05, 0.1) is 0 Å². The number of hydrogen-bond acceptors (Lipinski definition) is 4. The summed E-state index contributed by atoms with van der Waals surface area (Å²) < 4.78 is 0. The summed E-state index contributed by atoms with van der Waals surface area (Å²) in [5.41, 5.74) is 0.876. The van der Waals surface area contributed by atoms with Crippen LogP contribution in [-0.4, -0.2) is 41.5 Å². The molecule has 0 spiro atoms. The fourth-order valence-electron chi connectivity index (χ4n) is 4.24. The maximum atomic E-state index is 13.6. The molecular formula is C21H25ClN4O2. The van der Waals surface area contributed by atoms with Gasteiger partial charge in [0.25, 0.3) is 5.91 Å². The zero-order valence-corrected chi connectivity index (χ0v) is 16.5. The maximum Gasteiger partial charge on any atom is 0.325 e. The third-order valence-corrected chi connectivity index (χ3v) is 5.67. The zero-order valence-electron chi connectivity index (χ0n) is 15.6. The molecule has 0 radical (unpaired) electrons. The van der Waals surface area contributed by atoms with Gasteiger partial charge in [-0.25, -0.2) is 4.79 Å². The van der Waals surface area contributed by atoms with Crippen LogP contribution in [0.2, 0.25) is 0 Å². The average molecular weight is 401 g/mol. The summed E-state index contributed by atoms with van der Waals surface area (Å²) in [6, 6.07) is 13.3. The second-order valence-corrected chi connectivity index (χ2v) is 7.20. The van der Waals surface area contributed by atoms with Crippen LogP contribution in [0, 0.1) is 5.92 Å². The van der Waals surface area contributed by atoms with E-state index >= 15 is 0 Å². The summed E-state index contributed by atoms with van der Waals surface area (Å²) in [7, 11) is 0. The van der Waals surface area contributed by atoms with Crippen molar-refractivity contribution >= 4 is 24.3 Å². The highest BCUT2D eigenvalue weighted by atomic mass is 35.5. The predicted molar refractivity (Wildman–Crippen MR) is 109 cm³/mol. The van der Waals surface area contributed by atoms with E-state index in [1.807, 2.05) is 42.5 Å². The maximum absolute atomic E-state index is 13.6. The van der Waals surface area contributed by atoms with Crippen molar-refractivity contribution in [2.75, 3.05) is 19.6 Å². The van der Waals surface area contributed by atoms with Crippen LogP contribution in [0.3, 0.4) is 0 Å². The number of nitrogens with one attached hydrogen (secondary N) is 2. The molecular weight excluding hydrogens is 376 g/mol. The number of benzene rings is 1. The van der Waals surface area contributed by atoms with E-state index in [0.717, 1.165) is 37.1 Å². The Hall–Kier alpha value is -2.44. The molecule has 2 saturated heterocycles. The van der Waals surface area contributed by atoms with E-state index in [9.17, 15) is 9.59 Å². The average Bonchev–Trinajstić information content (AvgIpc) is 2.99. The fourth-order valence-corrected chi connectivity index (χ4v) is 4.24. The minimum Gasteiger partial charge on any atom is -0.319 e. The van der Waals surface area contributed by atoms with Gasteiger partial charge in [0.2, 0.25) is 0 Å². The van der Waals surface area contributed by atoms with Gasteiger partial charge >= 0.3 is 6.03 Å². The Kier molecular flexibility index (Phi) is 6.31. The number of hydrogen-bond donors (Lipinski definition) is 2. The first-order chi connectivity index (χ1) is 13.2. The summed E-state index contributed by atoms with van der Waals surface area (Å²) in [4.78, 5) is 31.9. The van der Waals surface area contributed by atoms with Crippen LogP contribution >= 0.6 is 12.4 Å². The van der Waals surface area contributed by atoms with Crippen molar-refractivity contribution in [2.24, 2.45) is 5.92 Å². The van der Waals surface area contributed by atoms with E-state index in [2.05, 4.69) is 15.6 Å². The van der Waals surface area contributed by atoms with Crippen molar-refractivity contribution in [3.63, 3.8) is 0 Å². The zero-order chi connectivity index (χ0) is 18.7. The molecule has 2 fully saturated rings. The van der Waals surface area contributed by atoms with Crippen LogP contribution in [0.25, 0.3) is 0 Å². The first kappa shape index (κ1) is 20.3. The van der Waals surface area contributed by atoms with Crippen molar-refractivity contribution in [1.29, 1.82) is 0 Å². The Morgan fingerprint density at radius 1 is 1.07 bits per heavy atom. The molecule has 4 rings (SSSR count). The molecule has 2 aromatic rings. The summed E-state index contributed by atoms with van der Waals surface area (Å²) in [6.45, 7) is 2.07. The van der Waals surface area contributed by atoms with E-state index < -0.39 is 5.54 Å². The minimum atomic E-state index is -1.01. The molecule has 6 nitrogen and oxygen atoms in total. The minimum absolute atomic E-state index is 0. The molecule has 7 heteroatoms. The second kappa shape index (κ2) is 8.71. The molecule has 148 valence electrons. The lowest BCUT2D eigenvalue weighted by Gasteiger charge is -2.37. The Morgan fingerprint density at radius 2 is 1.82 bits per heavy atom. The molecule has 1 aromatic heterocycles. The number of nitrogens with zero attached hydrogens (tertiary/aromatic N) is 2. The number of urea groups is 1. The number of imide groups is 1. The van der Waals surface area contributed by atoms with Crippen LogP contribution in [0.15, 0.2) is 54.9 Å². The number of aromatic nitrogens is 1. The molecule has 2 aliphatic heterocycles. The highest BCUT2D eigenvalue weighted by molar-refractivity contribution is 6.07. The smallest absolute Gasteiger partial charge is 0.319 e. The number of halogens is 1. The Bertz CT molecular complexity index is 812. The standard InChI is InChI=1S/C21H24N4O2.ClH/c26-19-21(17-8-12-22-13-9-17,18-7-4-11-23-15-18)24-20(27)25(19)14-10-16-5-2-1-3-6-16;/h1-7,11,15,17,22H,8-10,12-14H2,(H,24,27);1H. The number of rotatable bonds is 5. The molecule has 1 atom stereocenters. The van der Waals surface area contributed by atoms with Gasteiger partial charge in [-0.05, 0) is 49.9 Å². The predicted octanol–water partition coefficient (Wildman–Crippen LogP) is 2.49. The van der Waals surface area contributed by atoms with E-state index in [-0.39, 0.29) is 30.3 Å². The number of carbonyl (C=O) groups excluding carboxylic acids is 2. The van der Waals surface area contributed by atoms with Crippen molar-refractivity contribution in [1.82, 2.24) is 20.5 Å². The van der Waals surface area contributed by atoms with Crippen LogP contribution in [0.4, 0.5) is 4.79 Å². The van der Waals surface area contributed by atoms with E-state index in [0.29, 0.717) is 13.0 Å². The Balaban J connectivity index is 0.00000225. The van der Waals surface area contributed by atoms with Gasteiger partial charge in [0, 0.05) is 24.5 Å². The number of amides is 3. The molecule has 28 heavy (non-hydrogen) atoms. The van der Waals surface area contributed by atoms with Crippen molar-refractivity contribution in [3.8, 4) is 0 Å². The summed E-state index contributed by atoms with van der Waals surface area (Å²) in [5.74, 6) is -0.0931.